The molecule has 2 N–H and O–H groups in total. The summed E-state index contributed by atoms with van der Waals surface area (Å²) < 4.78 is 55.3. The number of aromatic nitrogens is 3. The molecule has 35 heavy (non-hydrogen) atoms. The average Bonchev–Trinajstić information content (AvgIpc) is 3.63. The van der Waals surface area contributed by atoms with E-state index in [2.05, 4.69) is 26.3 Å². The zero-order valence-corrected chi connectivity index (χ0v) is 19.9. The van der Waals surface area contributed by atoms with Gasteiger partial charge >= 0.3 is 6.18 Å². The Bertz CT molecular complexity index is 1100. The molecule has 190 valence electrons. The van der Waals surface area contributed by atoms with Crippen LogP contribution in [0.25, 0.3) is 11.3 Å². The van der Waals surface area contributed by atoms with E-state index >= 15 is 0 Å². The zero-order chi connectivity index (χ0) is 24.5. The first-order chi connectivity index (χ1) is 16.7. The predicted octanol–water partition coefficient (Wildman–Crippen LogP) is 3.82. The third-order valence-electron chi connectivity index (χ3n) is 8.94. The topological polar surface area (TPSA) is 63.2 Å². The molecular formula is C25H32F4N6. The van der Waals surface area contributed by atoms with Crippen molar-refractivity contribution >= 4 is 5.82 Å². The lowest BCUT2D eigenvalue weighted by Crippen LogP contribution is -2.56. The highest BCUT2D eigenvalue weighted by molar-refractivity contribution is 5.62. The molecule has 2 aromatic rings. The summed E-state index contributed by atoms with van der Waals surface area (Å²) in [6, 6.07) is 1.58. The van der Waals surface area contributed by atoms with Crippen LogP contribution in [0.3, 0.4) is 0 Å². The van der Waals surface area contributed by atoms with Crippen LogP contribution < -0.4 is 5.73 Å². The molecule has 0 amide bonds. The van der Waals surface area contributed by atoms with Crippen molar-refractivity contribution in [2.75, 3.05) is 45.1 Å². The number of nitrogen functional groups attached to an aromatic ring is 1. The number of nitrogens with two attached hydrogens (primary N) is 1. The summed E-state index contributed by atoms with van der Waals surface area (Å²) in [4.78, 5) is 13.4. The van der Waals surface area contributed by atoms with Gasteiger partial charge in [-0.25, -0.2) is 14.4 Å². The SMILES string of the molecule is C[C@@H]1C2C(N3CCN(CCF)CC3)C[C@]21n1cc(-c2cnc(N)c(C(F)(F)F)c2)nc1CC1CC1. The quantitative estimate of drug-likeness (QED) is 0.596. The minimum atomic E-state index is -4.56. The second kappa shape index (κ2) is 8.16. The first-order valence-electron chi connectivity index (χ1n) is 12.7. The lowest BCUT2D eigenvalue weighted by atomic mass is 9.84. The van der Waals surface area contributed by atoms with Gasteiger partial charge in [-0.15, -0.1) is 0 Å². The molecule has 3 saturated carbocycles. The van der Waals surface area contributed by atoms with E-state index in [0.29, 0.717) is 41.6 Å². The van der Waals surface area contributed by atoms with Gasteiger partial charge < -0.3 is 10.3 Å². The Labute approximate surface area is 202 Å². The lowest BCUT2D eigenvalue weighted by Gasteiger charge is -2.46. The van der Waals surface area contributed by atoms with E-state index in [4.69, 9.17) is 10.7 Å². The number of hydrogen-bond acceptors (Lipinski definition) is 5. The highest BCUT2D eigenvalue weighted by Gasteiger charge is 2.75. The van der Waals surface area contributed by atoms with Crippen molar-refractivity contribution in [2.45, 2.75) is 50.4 Å². The molecule has 0 aromatic carbocycles. The molecule has 4 atom stereocenters. The van der Waals surface area contributed by atoms with Gasteiger partial charge in [-0.05, 0) is 37.2 Å². The van der Waals surface area contributed by atoms with Gasteiger partial charge in [0.05, 0.1) is 16.8 Å². The summed E-state index contributed by atoms with van der Waals surface area (Å²) in [6.45, 7) is 6.24. The number of rotatable bonds is 7. The molecule has 1 aliphatic heterocycles. The smallest absolute Gasteiger partial charge is 0.383 e. The largest absolute Gasteiger partial charge is 0.419 e. The monoisotopic (exact) mass is 492 g/mol. The Morgan fingerprint density at radius 3 is 2.54 bits per heavy atom. The number of anilines is 1. The number of hydrogen-bond donors (Lipinski definition) is 1. The van der Waals surface area contributed by atoms with Gasteiger partial charge in [0.25, 0.3) is 0 Å². The van der Waals surface area contributed by atoms with Gasteiger partial charge in [0.2, 0.25) is 0 Å². The standard InChI is InChI=1S/C25H32F4N6/c1-15-22-20(34-8-6-33(5-4-26)7-9-34)12-24(15,22)35-14-19(32-21(35)10-16-2-3-16)17-11-18(25(27,28)29)23(30)31-13-17/h11,13-16,20,22H,2-10,12H2,1H3,(H2,30,31)/t15-,20?,22?,24-/m1/s1. The normalized spacial score (nSPS) is 31.3. The molecule has 0 bridgehead atoms. The fraction of sp³-hybridized carbons (Fsp3) is 0.680. The summed E-state index contributed by atoms with van der Waals surface area (Å²) in [5.74, 6) is 2.09. The molecule has 1 saturated heterocycles. The van der Waals surface area contributed by atoms with Gasteiger partial charge in [-0.1, -0.05) is 6.92 Å². The number of pyridine rings is 1. The predicted molar refractivity (Wildman–Crippen MR) is 124 cm³/mol. The molecule has 3 aliphatic carbocycles. The fourth-order valence-electron chi connectivity index (χ4n) is 6.69. The van der Waals surface area contributed by atoms with Gasteiger partial charge in [0.1, 0.15) is 18.3 Å². The molecule has 4 fully saturated rings. The Morgan fingerprint density at radius 2 is 1.91 bits per heavy atom. The first kappa shape index (κ1) is 23.2. The van der Waals surface area contributed by atoms with Crippen LogP contribution in [0.2, 0.25) is 0 Å². The Balaban J connectivity index is 1.26. The number of halogens is 4. The molecule has 10 heteroatoms. The summed E-state index contributed by atoms with van der Waals surface area (Å²) >= 11 is 0. The van der Waals surface area contributed by atoms with Crippen LogP contribution in [0.15, 0.2) is 18.5 Å². The van der Waals surface area contributed by atoms with Crippen molar-refractivity contribution in [1.82, 2.24) is 24.3 Å². The van der Waals surface area contributed by atoms with Crippen LogP contribution >= 0.6 is 0 Å². The van der Waals surface area contributed by atoms with E-state index in [9.17, 15) is 17.6 Å². The van der Waals surface area contributed by atoms with Crippen molar-refractivity contribution in [3.63, 3.8) is 0 Å². The highest BCUT2D eigenvalue weighted by atomic mass is 19.4. The van der Waals surface area contributed by atoms with Crippen molar-refractivity contribution < 1.29 is 17.6 Å². The maximum Gasteiger partial charge on any atom is 0.419 e. The minimum Gasteiger partial charge on any atom is -0.383 e. The van der Waals surface area contributed by atoms with Crippen LogP contribution in [0, 0.1) is 17.8 Å². The van der Waals surface area contributed by atoms with E-state index in [-0.39, 0.29) is 12.2 Å². The van der Waals surface area contributed by atoms with Crippen molar-refractivity contribution in [2.24, 2.45) is 17.8 Å². The maximum absolute atomic E-state index is 13.4. The number of fused-ring (bicyclic) bond motifs is 1. The summed E-state index contributed by atoms with van der Waals surface area (Å²) in [5, 5.41) is 0. The summed E-state index contributed by atoms with van der Waals surface area (Å²) in [6.07, 6.45) is 3.05. The second-order valence-corrected chi connectivity index (χ2v) is 10.9. The first-order valence-corrected chi connectivity index (χ1v) is 12.7. The van der Waals surface area contributed by atoms with Gasteiger partial charge in [-0.3, -0.25) is 9.80 Å². The summed E-state index contributed by atoms with van der Waals surface area (Å²) in [7, 11) is 0. The van der Waals surface area contributed by atoms with Crippen molar-refractivity contribution in [3.05, 3.63) is 29.8 Å². The zero-order valence-electron chi connectivity index (χ0n) is 19.9. The van der Waals surface area contributed by atoms with Crippen LogP contribution in [0.4, 0.5) is 23.4 Å². The van der Waals surface area contributed by atoms with Gasteiger partial charge in [0.15, 0.2) is 0 Å². The fourth-order valence-corrected chi connectivity index (χ4v) is 6.69. The Morgan fingerprint density at radius 1 is 1.17 bits per heavy atom. The lowest BCUT2D eigenvalue weighted by molar-refractivity contribution is -0.137. The Kier molecular flexibility index (Phi) is 5.41. The second-order valence-electron chi connectivity index (χ2n) is 10.9. The van der Waals surface area contributed by atoms with Crippen LogP contribution in [0.5, 0.6) is 0 Å². The van der Waals surface area contributed by atoms with Gasteiger partial charge in [0, 0.05) is 69.1 Å². The molecule has 3 heterocycles. The molecule has 0 radical (unpaired) electrons. The molecule has 4 aliphatic rings. The van der Waals surface area contributed by atoms with E-state index in [1.54, 1.807) is 0 Å². The molecule has 6 rings (SSSR count). The third kappa shape index (κ3) is 3.84. The van der Waals surface area contributed by atoms with E-state index < -0.39 is 17.6 Å². The minimum absolute atomic E-state index is 0.00427. The van der Waals surface area contributed by atoms with Crippen LogP contribution in [0.1, 0.15) is 37.6 Å². The summed E-state index contributed by atoms with van der Waals surface area (Å²) in [5.41, 5.74) is 5.49. The number of imidazole rings is 1. The third-order valence-corrected chi connectivity index (χ3v) is 8.94. The molecule has 0 spiro atoms. The van der Waals surface area contributed by atoms with Gasteiger partial charge in [-0.2, -0.15) is 13.2 Å². The van der Waals surface area contributed by atoms with E-state index in [1.807, 2.05) is 6.20 Å². The molecule has 2 aromatic heterocycles. The van der Waals surface area contributed by atoms with E-state index in [0.717, 1.165) is 50.9 Å². The van der Waals surface area contributed by atoms with E-state index in [1.165, 1.54) is 19.0 Å². The number of alkyl halides is 4. The van der Waals surface area contributed by atoms with Crippen LogP contribution in [-0.2, 0) is 18.1 Å². The highest BCUT2D eigenvalue weighted by Crippen LogP contribution is 2.71. The average molecular weight is 493 g/mol. The van der Waals surface area contributed by atoms with Crippen LogP contribution in [-0.4, -0.2) is 69.8 Å². The number of nitrogens with zero attached hydrogens (tertiary/aromatic N) is 5. The maximum atomic E-state index is 13.4. The Hall–Kier alpha value is -2.20. The van der Waals surface area contributed by atoms with Crippen molar-refractivity contribution in [1.29, 1.82) is 0 Å². The molecule has 2 unspecified atom stereocenters. The molecular weight excluding hydrogens is 460 g/mol. The molecule has 6 nitrogen and oxygen atoms in total. The van der Waals surface area contributed by atoms with Crippen molar-refractivity contribution in [3.8, 4) is 11.3 Å². The number of piperazine rings is 1.